The highest BCUT2D eigenvalue weighted by Crippen LogP contribution is 2.35. The van der Waals surface area contributed by atoms with Crippen molar-refractivity contribution in [3.63, 3.8) is 0 Å². The lowest BCUT2D eigenvalue weighted by Gasteiger charge is -2.14. The minimum absolute atomic E-state index is 0.242. The molecule has 0 saturated carbocycles. The molecule has 0 amide bonds. The van der Waals surface area contributed by atoms with Gasteiger partial charge in [-0.05, 0) is 38.2 Å². The van der Waals surface area contributed by atoms with Crippen LogP contribution in [0.4, 0.5) is 0 Å². The number of nitrogens with one attached hydrogen (secondary N) is 2. The van der Waals surface area contributed by atoms with Gasteiger partial charge in [0, 0.05) is 31.1 Å². The fourth-order valence-electron chi connectivity index (χ4n) is 2.17. The number of ether oxygens (including phenoxy) is 2. The van der Waals surface area contributed by atoms with Crippen molar-refractivity contribution in [2.75, 3.05) is 13.7 Å². The maximum atomic E-state index is 5.78. The van der Waals surface area contributed by atoms with Gasteiger partial charge in [0.1, 0.15) is 17.6 Å². The summed E-state index contributed by atoms with van der Waals surface area (Å²) in [7, 11) is 1.80. The number of rotatable bonds is 4. The van der Waals surface area contributed by atoms with Gasteiger partial charge in [0.05, 0.1) is 6.61 Å². The summed E-state index contributed by atoms with van der Waals surface area (Å²) in [5, 5.41) is 6.65. The molecule has 0 unspecified atom stereocenters. The van der Waals surface area contributed by atoms with E-state index in [9.17, 15) is 0 Å². The molecule has 0 saturated heterocycles. The molecule has 5 heteroatoms. The van der Waals surface area contributed by atoms with Crippen LogP contribution in [0.15, 0.2) is 12.1 Å². The molecule has 2 rings (SSSR count). The fraction of sp³-hybridized carbons (Fsp3) is 0.500. The van der Waals surface area contributed by atoms with E-state index in [0.717, 1.165) is 23.5 Å². The average Bonchev–Trinajstić information content (AvgIpc) is 2.75. The van der Waals surface area contributed by atoms with Crippen LogP contribution in [0.1, 0.15) is 25.0 Å². The standard InChI is InChI=1S/C14H20N2O2S/c1-4-17-12-6-10-5-9(2)18-13(10)7-11(12)8-16-14(19)15-3/h6-7,9H,4-5,8H2,1-3H3,(H2,15,16,19)/t9-/m1/s1. The Morgan fingerprint density at radius 2 is 2.32 bits per heavy atom. The predicted molar refractivity (Wildman–Crippen MR) is 79.9 cm³/mol. The molecule has 0 spiro atoms. The van der Waals surface area contributed by atoms with Crippen molar-refractivity contribution in [2.45, 2.75) is 32.9 Å². The second kappa shape index (κ2) is 6.10. The van der Waals surface area contributed by atoms with Crippen molar-refractivity contribution in [1.82, 2.24) is 10.6 Å². The highest BCUT2D eigenvalue weighted by molar-refractivity contribution is 7.80. The van der Waals surface area contributed by atoms with Gasteiger partial charge in [-0.25, -0.2) is 0 Å². The molecule has 2 N–H and O–H groups in total. The number of benzene rings is 1. The summed E-state index contributed by atoms with van der Waals surface area (Å²) in [5.41, 5.74) is 2.28. The van der Waals surface area contributed by atoms with E-state index in [1.165, 1.54) is 5.56 Å². The summed E-state index contributed by atoms with van der Waals surface area (Å²) >= 11 is 5.09. The summed E-state index contributed by atoms with van der Waals surface area (Å²) in [6, 6.07) is 4.14. The molecule has 0 aliphatic carbocycles. The Labute approximate surface area is 119 Å². The van der Waals surface area contributed by atoms with E-state index in [1.54, 1.807) is 7.05 Å². The van der Waals surface area contributed by atoms with Gasteiger partial charge in [-0.2, -0.15) is 0 Å². The minimum atomic E-state index is 0.242. The van der Waals surface area contributed by atoms with Gasteiger partial charge in [0.15, 0.2) is 5.11 Å². The van der Waals surface area contributed by atoms with Gasteiger partial charge >= 0.3 is 0 Å². The van der Waals surface area contributed by atoms with E-state index >= 15 is 0 Å². The van der Waals surface area contributed by atoms with Gasteiger partial charge in [0.2, 0.25) is 0 Å². The fourth-order valence-corrected chi connectivity index (χ4v) is 2.25. The highest BCUT2D eigenvalue weighted by Gasteiger charge is 2.21. The summed E-state index contributed by atoms with van der Waals surface area (Å²) in [6.45, 7) is 5.34. The van der Waals surface area contributed by atoms with Gasteiger partial charge in [0.25, 0.3) is 0 Å². The molecule has 1 aliphatic heterocycles. The van der Waals surface area contributed by atoms with Crippen LogP contribution < -0.4 is 20.1 Å². The zero-order chi connectivity index (χ0) is 13.8. The van der Waals surface area contributed by atoms with E-state index in [0.29, 0.717) is 18.3 Å². The molecular weight excluding hydrogens is 260 g/mol. The predicted octanol–water partition coefficient (Wildman–Crippen LogP) is 2.00. The second-order valence-corrected chi connectivity index (χ2v) is 4.97. The first-order chi connectivity index (χ1) is 9.13. The smallest absolute Gasteiger partial charge is 0.166 e. The van der Waals surface area contributed by atoms with E-state index in [4.69, 9.17) is 21.7 Å². The van der Waals surface area contributed by atoms with E-state index < -0.39 is 0 Å². The molecule has 1 aliphatic rings. The van der Waals surface area contributed by atoms with Gasteiger partial charge in [-0.3, -0.25) is 0 Å². The third-order valence-electron chi connectivity index (χ3n) is 3.05. The zero-order valence-corrected chi connectivity index (χ0v) is 12.4. The van der Waals surface area contributed by atoms with Crippen molar-refractivity contribution in [1.29, 1.82) is 0 Å². The van der Waals surface area contributed by atoms with Crippen LogP contribution in [0, 0.1) is 0 Å². The monoisotopic (exact) mass is 280 g/mol. The van der Waals surface area contributed by atoms with Crippen molar-refractivity contribution in [2.24, 2.45) is 0 Å². The van der Waals surface area contributed by atoms with Crippen LogP contribution in [-0.2, 0) is 13.0 Å². The molecule has 0 bridgehead atoms. The zero-order valence-electron chi connectivity index (χ0n) is 11.6. The van der Waals surface area contributed by atoms with Crippen molar-refractivity contribution in [3.05, 3.63) is 23.3 Å². The van der Waals surface area contributed by atoms with Gasteiger partial charge in [-0.15, -0.1) is 0 Å². The quantitative estimate of drug-likeness (QED) is 0.826. The third-order valence-corrected chi connectivity index (χ3v) is 3.39. The third kappa shape index (κ3) is 3.29. The molecule has 1 aromatic carbocycles. The Morgan fingerprint density at radius 3 is 3.00 bits per heavy atom. The van der Waals surface area contributed by atoms with Crippen LogP contribution >= 0.6 is 12.2 Å². The number of fused-ring (bicyclic) bond motifs is 1. The molecule has 0 aromatic heterocycles. The first kappa shape index (κ1) is 13.9. The van der Waals surface area contributed by atoms with Crippen molar-refractivity contribution < 1.29 is 9.47 Å². The number of hydrogen-bond acceptors (Lipinski definition) is 3. The Morgan fingerprint density at radius 1 is 1.53 bits per heavy atom. The van der Waals surface area contributed by atoms with Crippen LogP contribution in [0.25, 0.3) is 0 Å². The molecule has 104 valence electrons. The highest BCUT2D eigenvalue weighted by atomic mass is 32.1. The van der Waals surface area contributed by atoms with Gasteiger partial charge in [-0.1, -0.05) is 0 Å². The number of hydrogen-bond donors (Lipinski definition) is 2. The maximum Gasteiger partial charge on any atom is 0.166 e. The first-order valence-corrected chi connectivity index (χ1v) is 6.95. The van der Waals surface area contributed by atoms with E-state index in [2.05, 4.69) is 29.7 Å². The minimum Gasteiger partial charge on any atom is -0.494 e. The summed E-state index contributed by atoms with van der Waals surface area (Å²) in [5.74, 6) is 1.87. The van der Waals surface area contributed by atoms with E-state index in [1.807, 2.05) is 6.92 Å². The molecule has 1 aromatic rings. The average molecular weight is 280 g/mol. The molecular formula is C14H20N2O2S. The molecule has 0 fully saturated rings. The van der Waals surface area contributed by atoms with E-state index in [-0.39, 0.29) is 6.10 Å². The Balaban J connectivity index is 2.20. The number of thiocarbonyl (C=S) groups is 1. The summed E-state index contributed by atoms with van der Waals surface area (Å²) in [4.78, 5) is 0. The van der Waals surface area contributed by atoms with Crippen LogP contribution in [0.3, 0.4) is 0 Å². The lowest BCUT2D eigenvalue weighted by molar-refractivity contribution is 0.254. The topological polar surface area (TPSA) is 42.5 Å². The molecule has 0 radical (unpaired) electrons. The maximum absolute atomic E-state index is 5.78. The molecule has 1 atom stereocenters. The van der Waals surface area contributed by atoms with Crippen molar-refractivity contribution >= 4 is 17.3 Å². The van der Waals surface area contributed by atoms with Crippen LogP contribution in [0.2, 0.25) is 0 Å². The van der Waals surface area contributed by atoms with Crippen molar-refractivity contribution in [3.8, 4) is 11.5 Å². The van der Waals surface area contributed by atoms with Gasteiger partial charge < -0.3 is 20.1 Å². The Kier molecular flexibility index (Phi) is 4.47. The summed E-state index contributed by atoms with van der Waals surface area (Å²) in [6.07, 6.45) is 1.18. The second-order valence-electron chi connectivity index (χ2n) is 4.57. The first-order valence-electron chi connectivity index (χ1n) is 6.54. The lowest BCUT2D eigenvalue weighted by Crippen LogP contribution is -2.31. The lowest BCUT2D eigenvalue weighted by atomic mass is 10.1. The Hall–Kier alpha value is -1.49. The molecule has 4 nitrogen and oxygen atoms in total. The Bertz CT molecular complexity index is 477. The van der Waals surface area contributed by atoms with Crippen LogP contribution in [0.5, 0.6) is 11.5 Å². The SMILES string of the molecule is CCOc1cc2c(cc1CNC(=S)NC)O[C@H](C)C2. The largest absolute Gasteiger partial charge is 0.494 e. The molecule has 1 heterocycles. The van der Waals surface area contributed by atoms with Crippen LogP contribution in [-0.4, -0.2) is 24.9 Å². The summed E-state index contributed by atoms with van der Waals surface area (Å²) < 4.78 is 11.5. The normalized spacial score (nSPS) is 16.5. The molecule has 19 heavy (non-hydrogen) atoms.